The highest BCUT2D eigenvalue weighted by molar-refractivity contribution is 5.96. The van der Waals surface area contributed by atoms with Gasteiger partial charge in [0.15, 0.2) is 5.75 Å². The van der Waals surface area contributed by atoms with Crippen molar-refractivity contribution >= 4 is 16.9 Å². The van der Waals surface area contributed by atoms with Crippen molar-refractivity contribution in [2.75, 3.05) is 6.54 Å². The first-order valence-electron chi connectivity index (χ1n) is 8.08. The molecular weight excluding hydrogens is 336 g/mol. The number of nitrogens with zero attached hydrogens (tertiary/aromatic N) is 1. The van der Waals surface area contributed by atoms with E-state index in [0.29, 0.717) is 23.2 Å². The van der Waals surface area contributed by atoms with Crippen molar-refractivity contribution in [3.8, 4) is 5.75 Å². The smallest absolute Gasteiger partial charge is 0.258 e. The molecule has 0 fully saturated rings. The average Bonchev–Trinajstić information content (AvgIpc) is 2.62. The third-order valence-corrected chi connectivity index (χ3v) is 4.22. The zero-order valence-corrected chi connectivity index (χ0v) is 14.4. The summed E-state index contributed by atoms with van der Waals surface area (Å²) >= 11 is 0. The number of nitrogens with one attached hydrogen (secondary N) is 1. The summed E-state index contributed by atoms with van der Waals surface area (Å²) in [6, 6.07) is 6.46. The lowest BCUT2D eigenvalue weighted by Gasteiger charge is -2.12. The molecule has 0 aliphatic rings. The van der Waals surface area contributed by atoms with Crippen molar-refractivity contribution in [3.63, 3.8) is 0 Å². The molecule has 0 unspecified atom stereocenters. The number of carbonyl (C=O) groups is 1. The van der Waals surface area contributed by atoms with Crippen LogP contribution >= 0.6 is 0 Å². The number of aryl methyl sites for hydroxylation is 1. The Morgan fingerprint density at radius 2 is 2.00 bits per heavy atom. The summed E-state index contributed by atoms with van der Waals surface area (Å²) < 4.78 is 7.02. The van der Waals surface area contributed by atoms with Gasteiger partial charge in [-0.1, -0.05) is 11.6 Å². The van der Waals surface area contributed by atoms with Gasteiger partial charge >= 0.3 is 0 Å². The molecule has 0 aliphatic carbocycles. The quantitative estimate of drug-likeness (QED) is 0.743. The fraction of sp³-hybridized carbons (Fsp3) is 0.211. The van der Waals surface area contributed by atoms with Crippen LogP contribution in [-0.4, -0.2) is 22.1 Å². The molecule has 7 heteroatoms. The van der Waals surface area contributed by atoms with Gasteiger partial charge in [0.2, 0.25) is 10.9 Å². The van der Waals surface area contributed by atoms with Gasteiger partial charge in [-0.2, -0.15) is 0 Å². The Morgan fingerprint density at radius 3 is 2.77 bits per heavy atom. The predicted octanol–water partition coefficient (Wildman–Crippen LogP) is 1.71. The van der Waals surface area contributed by atoms with Crippen LogP contribution in [0.5, 0.6) is 5.75 Å². The first-order valence-corrected chi connectivity index (χ1v) is 8.08. The molecule has 0 spiro atoms. The molecule has 0 bridgehead atoms. The highest BCUT2D eigenvalue weighted by atomic mass is 16.3. The number of benzene rings is 1. The summed E-state index contributed by atoms with van der Waals surface area (Å²) in [5, 5.41) is 12.7. The molecule has 3 aromatic rings. The molecule has 0 saturated heterocycles. The van der Waals surface area contributed by atoms with E-state index in [4.69, 9.17) is 4.42 Å². The van der Waals surface area contributed by atoms with Gasteiger partial charge in [0.1, 0.15) is 17.4 Å². The van der Waals surface area contributed by atoms with Crippen LogP contribution < -0.4 is 16.2 Å². The maximum absolute atomic E-state index is 12.5. The SMILES string of the molecule is Cc1ccc2occ(C(=O)NCCn3ccc(=O)c(O)c3C)c(=O)c2c1. The Morgan fingerprint density at radius 1 is 1.23 bits per heavy atom. The summed E-state index contributed by atoms with van der Waals surface area (Å²) in [4.78, 5) is 36.2. The van der Waals surface area contributed by atoms with Gasteiger partial charge in [0.25, 0.3) is 5.91 Å². The number of hydrogen-bond donors (Lipinski definition) is 2. The van der Waals surface area contributed by atoms with Gasteiger partial charge in [0, 0.05) is 25.4 Å². The largest absolute Gasteiger partial charge is 0.503 e. The first-order chi connectivity index (χ1) is 12.4. The molecule has 0 aliphatic heterocycles. The molecule has 7 nitrogen and oxygen atoms in total. The maximum Gasteiger partial charge on any atom is 0.258 e. The summed E-state index contributed by atoms with van der Waals surface area (Å²) in [5.41, 5.74) is 0.832. The highest BCUT2D eigenvalue weighted by Crippen LogP contribution is 2.13. The third kappa shape index (κ3) is 3.23. The van der Waals surface area contributed by atoms with Gasteiger partial charge in [-0.15, -0.1) is 0 Å². The predicted molar refractivity (Wildman–Crippen MR) is 96.7 cm³/mol. The highest BCUT2D eigenvalue weighted by Gasteiger charge is 2.14. The summed E-state index contributed by atoms with van der Waals surface area (Å²) in [6.07, 6.45) is 2.70. The van der Waals surface area contributed by atoms with Gasteiger partial charge in [-0.05, 0) is 26.0 Å². The number of hydrogen-bond acceptors (Lipinski definition) is 5. The first kappa shape index (κ1) is 17.5. The summed E-state index contributed by atoms with van der Waals surface area (Å²) in [5.74, 6) is -0.852. The minimum absolute atomic E-state index is 0.0671. The molecule has 3 rings (SSSR count). The van der Waals surface area contributed by atoms with Gasteiger partial charge < -0.3 is 19.4 Å². The van der Waals surface area contributed by atoms with Crippen LogP contribution in [-0.2, 0) is 6.54 Å². The van der Waals surface area contributed by atoms with E-state index in [9.17, 15) is 19.5 Å². The van der Waals surface area contributed by atoms with Crippen LogP contribution in [0.15, 0.2) is 50.7 Å². The monoisotopic (exact) mass is 354 g/mol. The minimum Gasteiger partial charge on any atom is -0.503 e. The van der Waals surface area contributed by atoms with E-state index in [-0.39, 0.29) is 23.3 Å². The minimum atomic E-state index is -0.537. The van der Waals surface area contributed by atoms with Crippen LogP contribution in [0, 0.1) is 13.8 Å². The summed E-state index contributed by atoms with van der Waals surface area (Å²) in [6.45, 7) is 4.02. The second-order valence-electron chi connectivity index (χ2n) is 6.04. The van der Waals surface area contributed by atoms with Gasteiger partial charge in [0.05, 0.1) is 11.1 Å². The molecule has 2 aromatic heterocycles. The topological polar surface area (TPSA) is 102 Å². The summed E-state index contributed by atoms with van der Waals surface area (Å²) in [7, 11) is 0. The maximum atomic E-state index is 12.5. The Kier molecular flexibility index (Phi) is 4.62. The van der Waals surface area contributed by atoms with Gasteiger partial charge in [-0.3, -0.25) is 14.4 Å². The zero-order valence-electron chi connectivity index (χ0n) is 14.4. The number of fused-ring (bicyclic) bond motifs is 1. The molecule has 134 valence electrons. The molecule has 0 radical (unpaired) electrons. The Bertz CT molecular complexity index is 1110. The van der Waals surface area contributed by atoms with E-state index in [2.05, 4.69) is 5.32 Å². The second-order valence-corrected chi connectivity index (χ2v) is 6.04. The van der Waals surface area contributed by atoms with Crippen molar-refractivity contribution in [3.05, 3.63) is 74.0 Å². The molecule has 0 atom stereocenters. The molecule has 1 amide bonds. The van der Waals surface area contributed by atoms with E-state index in [1.54, 1.807) is 23.6 Å². The Labute approximate surface area is 148 Å². The number of aromatic nitrogens is 1. The molecule has 26 heavy (non-hydrogen) atoms. The van der Waals surface area contributed by atoms with Crippen LogP contribution in [0.2, 0.25) is 0 Å². The number of rotatable bonds is 4. The van der Waals surface area contributed by atoms with E-state index in [1.165, 1.54) is 12.3 Å². The normalized spacial score (nSPS) is 10.8. The fourth-order valence-corrected chi connectivity index (χ4v) is 2.69. The standard InChI is InChI=1S/C19H18N2O5/c1-11-3-4-16-13(9-11)18(24)14(10-26-16)19(25)20-6-8-21-7-5-15(22)17(23)12(21)2/h3-5,7,9-10,23H,6,8H2,1-2H3,(H,20,25). The molecule has 0 saturated carbocycles. The van der Waals surface area contributed by atoms with Crippen molar-refractivity contribution < 1.29 is 14.3 Å². The van der Waals surface area contributed by atoms with Crippen molar-refractivity contribution in [1.29, 1.82) is 0 Å². The molecule has 1 aromatic carbocycles. The molecule has 2 N–H and O–H groups in total. The van der Waals surface area contributed by atoms with Crippen molar-refractivity contribution in [1.82, 2.24) is 9.88 Å². The van der Waals surface area contributed by atoms with Crippen LogP contribution in [0.1, 0.15) is 21.6 Å². The van der Waals surface area contributed by atoms with Crippen LogP contribution in [0.3, 0.4) is 0 Å². The average molecular weight is 354 g/mol. The van der Waals surface area contributed by atoms with Crippen molar-refractivity contribution in [2.45, 2.75) is 20.4 Å². The molecular formula is C19H18N2O5. The Hall–Kier alpha value is -3.35. The fourth-order valence-electron chi connectivity index (χ4n) is 2.69. The Balaban J connectivity index is 1.76. The number of carbonyl (C=O) groups excluding carboxylic acids is 1. The number of amides is 1. The van der Waals surface area contributed by atoms with Crippen LogP contribution in [0.25, 0.3) is 11.0 Å². The van der Waals surface area contributed by atoms with E-state index in [1.807, 2.05) is 13.0 Å². The van der Waals surface area contributed by atoms with Crippen LogP contribution in [0.4, 0.5) is 0 Å². The van der Waals surface area contributed by atoms with E-state index >= 15 is 0 Å². The molecule has 2 heterocycles. The van der Waals surface area contributed by atoms with Crippen molar-refractivity contribution in [2.24, 2.45) is 0 Å². The van der Waals surface area contributed by atoms with E-state index < -0.39 is 11.3 Å². The second kappa shape index (κ2) is 6.87. The lowest BCUT2D eigenvalue weighted by Crippen LogP contribution is -2.31. The lowest BCUT2D eigenvalue weighted by atomic mass is 10.1. The zero-order chi connectivity index (χ0) is 18.8. The van der Waals surface area contributed by atoms with Gasteiger partial charge in [-0.25, -0.2) is 0 Å². The van der Waals surface area contributed by atoms with E-state index in [0.717, 1.165) is 11.8 Å². The third-order valence-electron chi connectivity index (χ3n) is 4.22. The number of aromatic hydroxyl groups is 1. The lowest BCUT2D eigenvalue weighted by molar-refractivity contribution is 0.0949. The number of pyridine rings is 1.